The van der Waals surface area contributed by atoms with Gasteiger partial charge in [-0.1, -0.05) is 176 Å². The second-order valence-corrected chi connectivity index (χ2v) is 16.0. The third-order valence-electron chi connectivity index (χ3n) is 12.4. The summed E-state index contributed by atoms with van der Waals surface area (Å²) >= 11 is 0. The van der Waals surface area contributed by atoms with Crippen molar-refractivity contribution in [3.63, 3.8) is 0 Å². The minimum atomic E-state index is 0.897. The molecule has 0 saturated carbocycles. The molecule has 296 valence electrons. The minimum Gasteiger partial charge on any atom is -0.456 e. The summed E-state index contributed by atoms with van der Waals surface area (Å²) in [5.74, 6) is 0. The topological polar surface area (TPSA) is 21.3 Å². The van der Waals surface area contributed by atoms with Crippen molar-refractivity contribution < 1.29 is 4.42 Å². The first-order chi connectivity index (χ1) is 31.3. The number of benzene rings is 10. The van der Waals surface area contributed by atoms with Crippen LogP contribution in [0, 0.1) is 0 Å². The van der Waals surface area contributed by atoms with Crippen LogP contribution in [0.15, 0.2) is 247 Å². The summed E-state index contributed by atoms with van der Waals surface area (Å²) in [4.78, 5) is 2.47. The van der Waals surface area contributed by atoms with Crippen LogP contribution in [0.2, 0.25) is 0 Å². The summed E-state index contributed by atoms with van der Waals surface area (Å²) < 4.78 is 8.59. The molecule has 0 spiro atoms. The molecule has 3 nitrogen and oxygen atoms in total. The Hall–Kier alpha value is -8.40. The highest BCUT2D eigenvalue weighted by Crippen LogP contribution is 2.49. The lowest BCUT2D eigenvalue weighted by atomic mass is 9.88. The van der Waals surface area contributed by atoms with Gasteiger partial charge in [-0.05, 0) is 106 Å². The Morgan fingerprint density at radius 3 is 1.63 bits per heavy atom. The number of furan rings is 1. The van der Waals surface area contributed by atoms with Crippen molar-refractivity contribution in [2.45, 2.75) is 0 Å². The lowest BCUT2D eigenvalue weighted by Gasteiger charge is -2.29. The largest absolute Gasteiger partial charge is 0.456 e. The van der Waals surface area contributed by atoms with Crippen molar-refractivity contribution in [3.8, 4) is 50.2 Å². The van der Waals surface area contributed by atoms with E-state index in [0.29, 0.717) is 0 Å². The second-order valence-electron chi connectivity index (χ2n) is 16.0. The molecule has 0 unspecified atom stereocenters. The monoisotopic (exact) mass is 804 g/mol. The molecule has 0 atom stereocenters. The molecule has 0 fully saturated rings. The zero-order valence-corrected chi connectivity index (χ0v) is 34.4. The van der Waals surface area contributed by atoms with E-state index in [1.54, 1.807) is 0 Å². The molecular formula is C60H40N2O. The number of aromatic nitrogens is 1. The Kier molecular flexibility index (Phi) is 8.83. The fourth-order valence-corrected chi connectivity index (χ4v) is 9.60. The van der Waals surface area contributed by atoms with Crippen LogP contribution in [0.1, 0.15) is 0 Å². The average Bonchev–Trinajstić information content (AvgIpc) is 3.91. The van der Waals surface area contributed by atoms with Crippen LogP contribution in [-0.4, -0.2) is 4.57 Å². The SMILES string of the molecule is c1ccc(-c2ccccc2-c2ccccc2-c2ccccc2N(c2ccc(-c3ccc4oc5ccccc5c4c3)cc2)c2cccc3c2c2ccccc2n3-c2ccccc2)cc1. The molecular weight excluding hydrogens is 765 g/mol. The molecule has 2 heterocycles. The van der Waals surface area contributed by atoms with E-state index in [-0.39, 0.29) is 0 Å². The molecule has 0 aliphatic heterocycles. The van der Waals surface area contributed by atoms with E-state index in [0.717, 1.165) is 72.5 Å². The van der Waals surface area contributed by atoms with Crippen molar-refractivity contribution >= 4 is 60.8 Å². The number of anilines is 3. The molecule has 0 amide bonds. The smallest absolute Gasteiger partial charge is 0.135 e. The van der Waals surface area contributed by atoms with Gasteiger partial charge in [0.1, 0.15) is 11.2 Å². The quantitative estimate of drug-likeness (QED) is 0.153. The maximum Gasteiger partial charge on any atom is 0.135 e. The summed E-state index contributed by atoms with van der Waals surface area (Å²) in [5.41, 5.74) is 17.9. The predicted molar refractivity (Wildman–Crippen MR) is 264 cm³/mol. The van der Waals surface area contributed by atoms with E-state index in [1.165, 1.54) is 38.5 Å². The van der Waals surface area contributed by atoms with Crippen LogP contribution < -0.4 is 4.90 Å². The first-order valence-electron chi connectivity index (χ1n) is 21.5. The lowest BCUT2D eigenvalue weighted by molar-refractivity contribution is 0.669. The second kappa shape index (κ2) is 15.3. The van der Waals surface area contributed by atoms with E-state index < -0.39 is 0 Å². The van der Waals surface area contributed by atoms with E-state index in [4.69, 9.17) is 4.42 Å². The Labute approximate surface area is 366 Å². The molecule has 2 aromatic heterocycles. The van der Waals surface area contributed by atoms with Crippen molar-refractivity contribution in [2.75, 3.05) is 4.90 Å². The lowest BCUT2D eigenvalue weighted by Crippen LogP contribution is -2.12. The van der Waals surface area contributed by atoms with E-state index in [1.807, 2.05) is 12.1 Å². The van der Waals surface area contributed by atoms with E-state index >= 15 is 0 Å². The van der Waals surface area contributed by atoms with Gasteiger partial charge >= 0.3 is 0 Å². The van der Waals surface area contributed by atoms with Gasteiger partial charge in [-0.15, -0.1) is 0 Å². The Morgan fingerprint density at radius 1 is 0.317 bits per heavy atom. The van der Waals surface area contributed by atoms with Crippen LogP contribution in [0.3, 0.4) is 0 Å². The van der Waals surface area contributed by atoms with Gasteiger partial charge in [-0.3, -0.25) is 0 Å². The van der Waals surface area contributed by atoms with Crippen LogP contribution in [0.5, 0.6) is 0 Å². The number of hydrogen-bond acceptors (Lipinski definition) is 2. The van der Waals surface area contributed by atoms with Crippen LogP contribution >= 0.6 is 0 Å². The Morgan fingerprint density at radius 2 is 0.857 bits per heavy atom. The highest BCUT2D eigenvalue weighted by Gasteiger charge is 2.24. The summed E-state index contributed by atoms with van der Waals surface area (Å²) in [5, 5.41) is 4.64. The molecule has 0 aliphatic rings. The fraction of sp³-hybridized carbons (Fsp3) is 0. The molecule has 3 heteroatoms. The van der Waals surface area contributed by atoms with Crippen molar-refractivity contribution in [1.82, 2.24) is 4.57 Å². The molecule has 0 bridgehead atoms. The average molecular weight is 805 g/mol. The third kappa shape index (κ3) is 6.21. The Balaban J connectivity index is 1.08. The van der Waals surface area contributed by atoms with Gasteiger partial charge < -0.3 is 13.9 Å². The summed E-state index contributed by atoms with van der Waals surface area (Å²) in [7, 11) is 0. The van der Waals surface area contributed by atoms with Gasteiger partial charge in [-0.2, -0.15) is 0 Å². The Bertz CT molecular complexity index is 3620. The zero-order valence-electron chi connectivity index (χ0n) is 34.4. The molecule has 0 N–H and O–H groups in total. The van der Waals surface area contributed by atoms with Gasteiger partial charge in [0.05, 0.1) is 22.4 Å². The molecule has 0 radical (unpaired) electrons. The number of fused-ring (bicyclic) bond motifs is 6. The van der Waals surface area contributed by atoms with Crippen molar-refractivity contribution in [2.24, 2.45) is 0 Å². The first-order valence-corrected chi connectivity index (χ1v) is 21.5. The standard InChI is InChI=1S/C60H40N2O/c1-3-18-42(19-4-1)46-22-7-8-23-47(46)48-24-9-10-25-49(48)50-26-11-14-29-54(50)62(45-37-34-41(35-38-45)43-36-39-59-53(40-43)51-27-13-16-33-58(51)63-59)57-32-17-31-56-60(57)52-28-12-15-30-55(52)61(56)44-20-5-2-6-21-44/h1-40H. The number of para-hydroxylation sites is 4. The molecule has 12 rings (SSSR count). The predicted octanol–water partition coefficient (Wildman–Crippen LogP) is 16.8. The van der Waals surface area contributed by atoms with Gasteiger partial charge in [0.2, 0.25) is 0 Å². The fourth-order valence-electron chi connectivity index (χ4n) is 9.60. The van der Waals surface area contributed by atoms with Crippen molar-refractivity contribution in [1.29, 1.82) is 0 Å². The minimum absolute atomic E-state index is 0.897. The highest BCUT2D eigenvalue weighted by molar-refractivity contribution is 6.17. The van der Waals surface area contributed by atoms with Crippen LogP contribution in [0.25, 0.3) is 93.9 Å². The molecule has 10 aromatic carbocycles. The molecule has 0 saturated heterocycles. The third-order valence-corrected chi connectivity index (χ3v) is 12.4. The van der Waals surface area contributed by atoms with Gasteiger partial charge in [0.15, 0.2) is 0 Å². The number of nitrogens with zero attached hydrogens (tertiary/aromatic N) is 2. The normalized spacial score (nSPS) is 11.5. The van der Waals surface area contributed by atoms with E-state index in [2.05, 4.69) is 240 Å². The first kappa shape index (κ1) is 36.5. The van der Waals surface area contributed by atoms with Gasteiger partial charge in [0, 0.05) is 38.5 Å². The molecule has 63 heavy (non-hydrogen) atoms. The maximum atomic E-state index is 6.19. The highest BCUT2D eigenvalue weighted by atomic mass is 16.3. The van der Waals surface area contributed by atoms with Gasteiger partial charge in [0.25, 0.3) is 0 Å². The van der Waals surface area contributed by atoms with Gasteiger partial charge in [-0.25, -0.2) is 0 Å². The maximum absolute atomic E-state index is 6.19. The van der Waals surface area contributed by atoms with Crippen molar-refractivity contribution in [3.05, 3.63) is 243 Å². The van der Waals surface area contributed by atoms with Crippen LogP contribution in [-0.2, 0) is 0 Å². The molecule has 12 aromatic rings. The van der Waals surface area contributed by atoms with Crippen LogP contribution in [0.4, 0.5) is 17.1 Å². The number of hydrogen-bond donors (Lipinski definition) is 0. The summed E-state index contributed by atoms with van der Waals surface area (Å²) in [6.07, 6.45) is 0. The summed E-state index contributed by atoms with van der Waals surface area (Å²) in [6, 6.07) is 87.3. The number of rotatable bonds is 8. The summed E-state index contributed by atoms with van der Waals surface area (Å²) in [6.45, 7) is 0. The zero-order chi connectivity index (χ0) is 41.7. The molecule has 0 aliphatic carbocycles. The van der Waals surface area contributed by atoms with E-state index in [9.17, 15) is 0 Å².